The predicted molar refractivity (Wildman–Crippen MR) is 131 cm³/mol. The average Bonchev–Trinajstić information content (AvgIpc) is 3.23. The van der Waals surface area contributed by atoms with Crippen LogP contribution < -0.4 is 4.74 Å². The minimum Gasteiger partial charge on any atom is -0.454 e. The molecule has 0 spiro atoms. The number of nitriles is 1. The van der Waals surface area contributed by atoms with Crippen LogP contribution in [0.25, 0.3) is 0 Å². The van der Waals surface area contributed by atoms with Crippen LogP contribution in [0.4, 0.5) is 4.39 Å². The van der Waals surface area contributed by atoms with Crippen molar-refractivity contribution < 1.29 is 21.7 Å². The lowest BCUT2D eigenvalue weighted by atomic mass is 9.91. The van der Waals surface area contributed by atoms with E-state index in [9.17, 15) is 18.1 Å². The van der Waals surface area contributed by atoms with Crippen molar-refractivity contribution >= 4 is 57.9 Å². The first kappa shape index (κ1) is 25.6. The molecule has 0 saturated heterocycles. The van der Waals surface area contributed by atoms with Gasteiger partial charge in [-0.05, 0) is 41.2 Å². The highest BCUT2D eigenvalue weighted by molar-refractivity contribution is 9.39. The molecule has 0 heterocycles. The predicted octanol–water partition coefficient (Wildman–Crippen LogP) is 6.68. The van der Waals surface area contributed by atoms with E-state index in [-0.39, 0.29) is 17.6 Å². The Morgan fingerprint density at radius 1 is 1.12 bits per heavy atom. The molecule has 3 rings (SSSR count). The van der Waals surface area contributed by atoms with Gasteiger partial charge in [-0.2, -0.15) is 13.7 Å². The second kappa shape index (κ2) is 9.34. The van der Waals surface area contributed by atoms with E-state index in [0.29, 0.717) is 11.3 Å². The van der Waals surface area contributed by atoms with Gasteiger partial charge >= 0.3 is 0 Å². The first-order chi connectivity index (χ1) is 14.8. The normalized spacial score (nSPS) is 21.9. The van der Waals surface area contributed by atoms with Crippen LogP contribution in [0.2, 0.25) is 0 Å². The summed E-state index contributed by atoms with van der Waals surface area (Å²) < 4.78 is 48.3. The number of alkyl halides is 3. The molecule has 0 radical (unpaired) electrons. The van der Waals surface area contributed by atoms with Crippen LogP contribution in [0.3, 0.4) is 0 Å². The molecular weight excluding hydrogens is 633 g/mol. The Kier molecular flexibility index (Phi) is 7.48. The number of halogens is 4. The number of benzene rings is 2. The Morgan fingerprint density at radius 3 is 2.28 bits per heavy atom. The van der Waals surface area contributed by atoms with Crippen molar-refractivity contribution in [2.75, 3.05) is 6.26 Å². The van der Waals surface area contributed by atoms with Crippen LogP contribution in [-0.2, 0) is 14.3 Å². The fourth-order valence-electron chi connectivity index (χ4n) is 4.21. The third-order valence-corrected chi connectivity index (χ3v) is 7.62. The van der Waals surface area contributed by atoms with Gasteiger partial charge in [0.25, 0.3) is 10.1 Å². The molecule has 0 unspecified atom stereocenters. The van der Waals surface area contributed by atoms with Gasteiger partial charge in [0, 0.05) is 5.92 Å². The number of nitrogens with zero attached hydrogens (tertiary/aromatic N) is 1. The highest BCUT2D eigenvalue weighted by atomic mass is 80.0. The maximum atomic E-state index is 14.4. The van der Waals surface area contributed by atoms with E-state index < -0.39 is 35.5 Å². The smallest absolute Gasteiger partial charge is 0.264 e. The lowest BCUT2D eigenvalue weighted by molar-refractivity contribution is 0.182. The summed E-state index contributed by atoms with van der Waals surface area (Å²) in [6, 6.07) is 15.5. The minimum atomic E-state index is -3.77. The summed E-state index contributed by atoms with van der Waals surface area (Å²) in [7, 11) is -3.77. The largest absolute Gasteiger partial charge is 0.454 e. The van der Waals surface area contributed by atoms with Gasteiger partial charge in [-0.1, -0.05) is 85.9 Å². The van der Waals surface area contributed by atoms with E-state index in [1.165, 1.54) is 12.1 Å². The van der Waals surface area contributed by atoms with Crippen LogP contribution in [0, 0.1) is 34.4 Å². The van der Waals surface area contributed by atoms with E-state index >= 15 is 0 Å². The summed E-state index contributed by atoms with van der Waals surface area (Å²) in [4.78, 5) is 0. The molecule has 1 aliphatic rings. The van der Waals surface area contributed by atoms with E-state index in [4.69, 9.17) is 8.92 Å². The first-order valence-corrected chi connectivity index (χ1v) is 13.8. The van der Waals surface area contributed by atoms with Crippen molar-refractivity contribution in [3.8, 4) is 17.6 Å². The van der Waals surface area contributed by atoms with Crippen molar-refractivity contribution in [2.24, 2.45) is 17.3 Å². The molecule has 5 nitrogen and oxygen atoms in total. The van der Waals surface area contributed by atoms with Crippen molar-refractivity contribution in [3.63, 3.8) is 0 Å². The lowest BCUT2D eigenvalue weighted by Gasteiger charge is -2.26. The molecule has 0 aliphatic heterocycles. The summed E-state index contributed by atoms with van der Waals surface area (Å²) in [5.74, 6) is -1.23. The standard InChI is InChI=1S/C22H21Br3FNO4S/c1-21(2)18(19(21)20(22(23,24)25)31-32(3,28)29)15(12-27)13-9-10-16(26)17(11-13)30-14-7-5-4-6-8-14/h4-11,15,18-20H,1-3H3/t15-,18-,19-,20-/m1/s1. The molecule has 172 valence electrons. The second-order valence-electron chi connectivity index (χ2n) is 8.35. The topological polar surface area (TPSA) is 76.4 Å². The molecule has 2 aromatic rings. The summed E-state index contributed by atoms with van der Waals surface area (Å²) in [6.07, 6.45) is 0.145. The molecule has 32 heavy (non-hydrogen) atoms. The highest BCUT2D eigenvalue weighted by Gasteiger charge is 2.67. The zero-order valence-corrected chi connectivity index (χ0v) is 23.0. The van der Waals surface area contributed by atoms with Gasteiger partial charge in [-0.3, -0.25) is 4.18 Å². The van der Waals surface area contributed by atoms with Gasteiger partial charge in [0.1, 0.15) is 11.9 Å². The summed E-state index contributed by atoms with van der Waals surface area (Å²) >= 11 is 10.2. The van der Waals surface area contributed by atoms with Gasteiger partial charge in [0.2, 0.25) is 0 Å². The van der Waals surface area contributed by atoms with Crippen LogP contribution in [0.1, 0.15) is 25.3 Å². The lowest BCUT2D eigenvalue weighted by Crippen LogP contribution is -2.34. The molecule has 0 bridgehead atoms. The molecule has 2 aromatic carbocycles. The maximum Gasteiger partial charge on any atom is 0.264 e. The van der Waals surface area contributed by atoms with Gasteiger partial charge in [-0.15, -0.1) is 0 Å². The molecular formula is C22H21Br3FNO4S. The Morgan fingerprint density at radius 2 is 1.75 bits per heavy atom. The fraction of sp³-hybridized carbons (Fsp3) is 0.409. The van der Waals surface area contributed by atoms with Crippen molar-refractivity contribution in [2.45, 2.75) is 28.0 Å². The molecule has 4 atom stereocenters. The van der Waals surface area contributed by atoms with Gasteiger partial charge in [0.05, 0.1) is 18.2 Å². The molecule has 1 aliphatic carbocycles. The van der Waals surface area contributed by atoms with Crippen molar-refractivity contribution in [1.29, 1.82) is 5.26 Å². The van der Waals surface area contributed by atoms with Crippen molar-refractivity contribution in [3.05, 3.63) is 59.9 Å². The van der Waals surface area contributed by atoms with Gasteiger partial charge in [0.15, 0.2) is 13.7 Å². The monoisotopic (exact) mass is 651 g/mol. The number of hydrogen-bond donors (Lipinski definition) is 0. The summed E-state index contributed by atoms with van der Waals surface area (Å²) in [5.41, 5.74) is 0.161. The number of hydrogen-bond acceptors (Lipinski definition) is 5. The van der Waals surface area contributed by atoms with Gasteiger partial charge < -0.3 is 4.74 Å². The van der Waals surface area contributed by atoms with Crippen LogP contribution in [-0.4, -0.2) is 22.9 Å². The fourth-order valence-corrected chi connectivity index (χ4v) is 6.36. The maximum absolute atomic E-state index is 14.4. The molecule has 0 aromatic heterocycles. The summed E-state index contributed by atoms with van der Waals surface area (Å²) in [6.45, 7) is 3.91. The van der Waals surface area contributed by atoms with Crippen LogP contribution in [0.15, 0.2) is 48.5 Å². The molecule has 1 saturated carbocycles. The quantitative estimate of drug-likeness (QED) is 0.246. The van der Waals surface area contributed by atoms with E-state index in [0.717, 1.165) is 6.26 Å². The Balaban J connectivity index is 1.94. The third kappa shape index (κ3) is 5.73. The molecule has 0 amide bonds. The van der Waals surface area contributed by atoms with Gasteiger partial charge in [-0.25, -0.2) is 4.39 Å². The molecule has 0 N–H and O–H groups in total. The minimum absolute atomic E-state index is 0.0173. The zero-order valence-electron chi connectivity index (χ0n) is 17.4. The number of para-hydroxylation sites is 1. The Hall–Kier alpha value is -0.990. The first-order valence-electron chi connectivity index (χ1n) is 9.62. The van der Waals surface area contributed by atoms with E-state index in [1.54, 1.807) is 30.3 Å². The van der Waals surface area contributed by atoms with Crippen molar-refractivity contribution in [1.82, 2.24) is 0 Å². The summed E-state index contributed by atoms with van der Waals surface area (Å²) in [5, 5.41) is 10.0. The zero-order chi connectivity index (χ0) is 23.9. The number of ether oxygens (including phenoxy) is 1. The van der Waals surface area contributed by atoms with Crippen LogP contribution >= 0.6 is 47.8 Å². The molecule has 1 fully saturated rings. The van der Waals surface area contributed by atoms with Crippen LogP contribution in [0.5, 0.6) is 11.5 Å². The SMILES string of the molecule is CC1(C)[C@@H]([C@@H](OS(C)(=O)=O)C(Br)(Br)Br)[C@H]1[C@H](C#N)c1ccc(F)c(Oc2ccccc2)c1. The Bertz CT molecular complexity index is 1130. The van der Waals surface area contributed by atoms with E-state index in [2.05, 4.69) is 53.9 Å². The van der Waals surface area contributed by atoms with E-state index in [1.807, 2.05) is 19.9 Å². The number of rotatable bonds is 7. The Labute approximate surface area is 212 Å². The third-order valence-electron chi connectivity index (χ3n) is 5.71. The second-order valence-corrected chi connectivity index (χ2v) is 16.9. The average molecular weight is 654 g/mol. The molecule has 10 heteroatoms. The highest BCUT2D eigenvalue weighted by Crippen LogP contribution is 2.68.